The Hall–Kier alpha value is -2.57. The molecule has 128 valence electrons. The van der Waals surface area contributed by atoms with Gasteiger partial charge in [-0.3, -0.25) is 9.59 Å². The fourth-order valence-corrected chi connectivity index (χ4v) is 2.88. The third-order valence-corrected chi connectivity index (χ3v) is 4.50. The monoisotopic (exact) mass is 378 g/mol. The molecule has 1 fully saturated rings. The molecule has 0 aromatic heterocycles. The second-order valence-electron chi connectivity index (χ2n) is 5.45. The molecule has 2 N–H and O–H groups in total. The number of imide groups is 1. The molecule has 0 radical (unpaired) electrons. The summed E-state index contributed by atoms with van der Waals surface area (Å²) in [5, 5.41) is 12.7. The van der Waals surface area contributed by atoms with E-state index in [1.165, 1.54) is 24.3 Å². The first-order valence-electron chi connectivity index (χ1n) is 7.28. The summed E-state index contributed by atoms with van der Waals surface area (Å²) in [6, 6.07) is 9.72. The summed E-state index contributed by atoms with van der Waals surface area (Å²) in [5.41, 5.74) is 0.786. The third kappa shape index (κ3) is 3.45. The van der Waals surface area contributed by atoms with E-state index in [-0.39, 0.29) is 17.7 Å². The van der Waals surface area contributed by atoms with Crippen molar-refractivity contribution >= 4 is 52.4 Å². The number of hydrogen-bond donors (Lipinski definition) is 2. The molecule has 2 aromatic rings. The summed E-state index contributed by atoms with van der Waals surface area (Å²) >= 11 is 11.8. The lowest BCUT2D eigenvalue weighted by Crippen LogP contribution is -2.34. The van der Waals surface area contributed by atoms with Crippen molar-refractivity contribution in [3.8, 4) is 0 Å². The molecule has 0 saturated carbocycles. The van der Waals surface area contributed by atoms with Crippen LogP contribution in [0.15, 0.2) is 42.5 Å². The highest BCUT2D eigenvalue weighted by Gasteiger charge is 2.39. The molecule has 1 unspecified atom stereocenters. The standard InChI is InChI=1S/C17H12Cl2N2O4/c18-12-5-4-10(7-13(12)19)20-14-8-15(22)21(16(14)23)11-3-1-2-9(6-11)17(24)25/h1-7,14,20H,8H2,(H,24,25). The van der Waals surface area contributed by atoms with Crippen LogP contribution in [0, 0.1) is 0 Å². The van der Waals surface area contributed by atoms with Crippen LogP contribution in [0.2, 0.25) is 10.0 Å². The molecular weight excluding hydrogens is 367 g/mol. The molecule has 0 bridgehead atoms. The average Bonchev–Trinajstić information content (AvgIpc) is 2.85. The van der Waals surface area contributed by atoms with E-state index >= 15 is 0 Å². The molecule has 1 aliphatic heterocycles. The lowest BCUT2D eigenvalue weighted by molar-refractivity contribution is -0.121. The minimum atomic E-state index is -1.13. The number of amides is 2. The van der Waals surface area contributed by atoms with E-state index in [9.17, 15) is 14.4 Å². The first-order chi connectivity index (χ1) is 11.9. The zero-order valence-corrected chi connectivity index (χ0v) is 14.2. The molecule has 1 saturated heterocycles. The normalized spacial score (nSPS) is 17.0. The number of benzene rings is 2. The van der Waals surface area contributed by atoms with E-state index in [1.807, 2.05) is 0 Å². The Morgan fingerprint density at radius 1 is 1.12 bits per heavy atom. The van der Waals surface area contributed by atoms with Gasteiger partial charge in [0.05, 0.1) is 27.7 Å². The van der Waals surface area contributed by atoms with Gasteiger partial charge in [0.1, 0.15) is 6.04 Å². The largest absolute Gasteiger partial charge is 0.478 e. The smallest absolute Gasteiger partial charge is 0.335 e. The number of nitrogens with zero attached hydrogens (tertiary/aromatic N) is 1. The number of rotatable bonds is 4. The van der Waals surface area contributed by atoms with Crippen molar-refractivity contribution in [2.24, 2.45) is 0 Å². The van der Waals surface area contributed by atoms with E-state index in [4.69, 9.17) is 28.3 Å². The number of carboxylic acid groups (broad SMARTS) is 1. The zero-order valence-electron chi connectivity index (χ0n) is 12.7. The van der Waals surface area contributed by atoms with Crippen LogP contribution in [0.4, 0.5) is 11.4 Å². The van der Waals surface area contributed by atoms with Crippen molar-refractivity contribution in [3.63, 3.8) is 0 Å². The average molecular weight is 379 g/mol. The fraction of sp³-hybridized carbons (Fsp3) is 0.118. The van der Waals surface area contributed by atoms with Gasteiger partial charge in [-0.2, -0.15) is 0 Å². The Morgan fingerprint density at radius 2 is 1.88 bits per heavy atom. The second-order valence-corrected chi connectivity index (χ2v) is 6.27. The number of carbonyl (C=O) groups is 3. The number of carbonyl (C=O) groups excluding carboxylic acids is 2. The molecule has 3 rings (SSSR count). The van der Waals surface area contributed by atoms with Crippen molar-refractivity contribution in [1.29, 1.82) is 0 Å². The fourth-order valence-electron chi connectivity index (χ4n) is 2.58. The highest BCUT2D eigenvalue weighted by atomic mass is 35.5. The van der Waals surface area contributed by atoms with Crippen molar-refractivity contribution < 1.29 is 19.5 Å². The Kier molecular flexibility index (Phi) is 4.65. The predicted octanol–water partition coefficient (Wildman–Crippen LogP) is 3.44. The van der Waals surface area contributed by atoms with E-state index in [1.54, 1.807) is 18.2 Å². The van der Waals surface area contributed by atoms with Gasteiger partial charge >= 0.3 is 5.97 Å². The second kappa shape index (κ2) is 6.74. The number of aromatic carboxylic acids is 1. The Balaban J connectivity index is 1.83. The molecule has 2 amide bonds. The maximum atomic E-state index is 12.6. The Bertz CT molecular complexity index is 885. The number of anilines is 2. The van der Waals surface area contributed by atoms with Gasteiger partial charge in [-0.05, 0) is 36.4 Å². The molecule has 6 nitrogen and oxygen atoms in total. The maximum Gasteiger partial charge on any atom is 0.335 e. The van der Waals surface area contributed by atoms with Crippen LogP contribution in [0.25, 0.3) is 0 Å². The third-order valence-electron chi connectivity index (χ3n) is 3.76. The van der Waals surface area contributed by atoms with Crippen molar-refractivity contribution in [3.05, 3.63) is 58.1 Å². The SMILES string of the molecule is O=C(O)c1cccc(N2C(=O)CC(Nc3ccc(Cl)c(Cl)c3)C2=O)c1. The van der Waals surface area contributed by atoms with Crippen LogP contribution >= 0.6 is 23.2 Å². The number of hydrogen-bond acceptors (Lipinski definition) is 4. The number of nitrogens with one attached hydrogen (secondary N) is 1. The van der Waals surface area contributed by atoms with E-state index in [0.29, 0.717) is 15.7 Å². The molecule has 25 heavy (non-hydrogen) atoms. The van der Waals surface area contributed by atoms with Gasteiger partial charge in [-0.25, -0.2) is 9.69 Å². The molecule has 0 aliphatic carbocycles. The van der Waals surface area contributed by atoms with E-state index in [2.05, 4.69) is 5.32 Å². The topological polar surface area (TPSA) is 86.7 Å². The van der Waals surface area contributed by atoms with Gasteiger partial charge in [0.15, 0.2) is 0 Å². The summed E-state index contributed by atoms with van der Waals surface area (Å²) in [5.74, 6) is -2.00. The van der Waals surface area contributed by atoms with Crippen molar-refractivity contribution in [1.82, 2.24) is 0 Å². The van der Waals surface area contributed by atoms with Gasteiger partial charge in [0.25, 0.3) is 5.91 Å². The quantitative estimate of drug-likeness (QED) is 0.795. The Labute approximate surface area is 153 Å². The van der Waals surface area contributed by atoms with Gasteiger partial charge in [-0.1, -0.05) is 29.3 Å². The van der Waals surface area contributed by atoms with Crippen molar-refractivity contribution in [2.75, 3.05) is 10.2 Å². The molecule has 8 heteroatoms. The number of halogens is 2. The minimum absolute atomic E-state index is 0.000933. The van der Waals surface area contributed by atoms with E-state index in [0.717, 1.165) is 4.90 Å². The van der Waals surface area contributed by atoms with Crippen molar-refractivity contribution in [2.45, 2.75) is 12.5 Å². The molecule has 1 aliphatic rings. The van der Waals surface area contributed by atoms with Crippen LogP contribution in [-0.2, 0) is 9.59 Å². The molecular formula is C17H12Cl2N2O4. The Morgan fingerprint density at radius 3 is 2.56 bits per heavy atom. The summed E-state index contributed by atoms with van der Waals surface area (Å²) in [7, 11) is 0. The summed E-state index contributed by atoms with van der Waals surface area (Å²) in [6.45, 7) is 0. The van der Waals surface area contributed by atoms with Crippen LogP contribution in [0.1, 0.15) is 16.8 Å². The highest BCUT2D eigenvalue weighted by molar-refractivity contribution is 6.42. The van der Waals surface area contributed by atoms with Gasteiger partial charge in [0, 0.05) is 5.69 Å². The molecule has 1 atom stereocenters. The van der Waals surface area contributed by atoms with Crippen LogP contribution in [0.5, 0.6) is 0 Å². The maximum absolute atomic E-state index is 12.6. The summed E-state index contributed by atoms with van der Waals surface area (Å²) in [4.78, 5) is 36.9. The van der Waals surface area contributed by atoms with Gasteiger partial charge in [0.2, 0.25) is 5.91 Å². The van der Waals surface area contributed by atoms with Crippen LogP contribution in [-0.4, -0.2) is 28.9 Å². The lowest BCUT2D eigenvalue weighted by Gasteiger charge is -2.16. The highest BCUT2D eigenvalue weighted by Crippen LogP contribution is 2.28. The van der Waals surface area contributed by atoms with Crippen LogP contribution < -0.4 is 10.2 Å². The summed E-state index contributed by atoms with van der Waals surface area (Å²) in [6.07, 6.45) is -0.0453. The van der Waals surface area contributed by atoms with E-state index < -0.39 is 23.8 Å². The van der Waals surface area contributed by atoms with Gasteiger partial charge in [-0.15, -0.1) is 0 Å². The van der Waals surface area contributed by atoms with Gasteiger partial charge < -0.3 is 10.4 Å². The zero-order chi connectivity index (χ0) is 18.1. The molecule has 1 heterocycles. The predicted molar refractivity (Wildman–Crippen MR) is 94.4 cm³/mol. The van der Waals surface area contributed by atoms with Crippen LogP contribution in [0.3, 0.4) is 0 Å². The lowest BCUT2D eigenvalue weighted by atomic mass is 10.2. The molecule has 2 aromatic carbocycles. The summed E-state index contributed by atoms with van der Waals surface area (Å²) < 4.78 is 0. The molecule has 0 spiro atoms. The first-order valence-corrected chi connectivity index (χ1v) is 8.04. The minimum Gasteiger partial charge on any atom is -0.478 e. The number of carboxylic acids is 1. The first kappa shape index (κ1) is 17.3.